The summed E-state index contributed by atoms with van der Waals surface area (Å²) in [5, 5.41) is 0. The van der Waals surface area contributed by atoms with Gasteiger partial charge in [-0.2, -0.15) is 0 Å². The van der Waals surface area contributed by atoms with Crippen LogP contribution in [0.4, 0.5) is 0 Å². The molecule has 74 valence electrons. The van der Waals surface area contributed by atoms with Crippen molar-refractivity contribution in [2.75, 3.05) is 0 Å². The van der Waals surface area contributed by atoms with Gasteiger partial charge in [-0.1, -0.05) is 12.1 Å². The molecule has 0 saturated heterocycles. The van der Waals surface area contributed by atoms with Crippen molar-refractivity contribution in [1.29, 1.82) is 0 Å². The van der Waals surface area contributed by atoms with E-state index in [-0.39, 0.29) is 117 Å². The van der Waals surface area contributed by atoms with Gasteiger partial charge >= 0.3 is 16.6 Å². The van der Waals surface area contributed by atoms with E-state index in [1.54, 1.807) is 0 Å². The molecule has 0 aliphatic rings. The third-order valence-electron chi connectivity index (χ3n) is 1.02. The molecule has 1 aromatic rings. The van der Waals surface area contributed by atoms with Crippen molar-refractivity contribution in [1.82, 2.24) is 0 Å². The first-order valence-corrected chi connectivity index (χ1v) is 3.60. The molecule has 0 aliphatic heterocycles. The van der Waals surface area contributed by atoms with Gasteiger partial charge in [0.15, 0.2) is 16.3 Å². The molecule has 0 atom stereocenters. The Labute approximate surface area is 184 Å². The van der Waals surface area contributed by atoms with Crippen LogP contribution in [-0.2, 0) is 40.8 Å². The molecule has 1 rings (SSSR count). The molecule has 0 spiro atoms. The second-order valence-electron chi connectivity index (χ2n) is 1.69. The van der Waals surface area contributed by atoms with E-state index in [1.807, 2.05) is 24.3 Å². The van der Waals surface area contributed by atoms with E-state index in [0.29, 0.717) is 0 Å². The molecule has 0 amide bonds. The SMILES string of the molecule is [Al][O]c1cc[c]([Al])cc1.[Dy].[Dy].[Re].[Re]. The van der Waals surface area contributed by atoms with Gasteiger partial charge < -0.3 is 3.79 Å². The first-order valence-electron chi connectivity index (χ1n) is 2.55. The molecule has 0 heterocycles. The Morgan fingerprint density at radius 1 is 0.923 bits per heavy atom. The minimum atomic E-state index is 0. The second-order valence-corrected chi connectivity index (χ2v) is 2.59. The second kappa shape index (κ2) is 16.0. The van der Waals surface area contributed by atoms with Gasteiger partial charge in [-0.05, 0) is 12.1 Å². The molecule has 13 heavy (non-hydrogen) atoms. The number of hydrogen-bond acceptors (Lipinski definition) is 1. The van der Waals surface area contributed by atoms with E-state index in [0.717, 1.165) is 5.75 Å². The van der Waals surface area contributed by atoms with Gasteiger partial charge in [0.25, 0.3) is 0 Å². The summed E-state index contributed by atoms with van der Waals surface area (Å²) in [6, 6.07) is 7.78. The maximum absolute atomic E-state index is 4.88. The summed E-state index contributed by atoms with van der Waals surface area (Å²) in [5.74, 6) is 0.867. The molecule has 0 aliphatic carbocycles. The van der Waals surface area contributed by atoms with Gasteiger partial charge in [-0.25, -0.2) is 0 Å². The first kappa shape index (κ1) is 25.7. The number of hydrogen-bond donors (Lipinski definition) is 0. The van der Waals surface area contributed by atoms with E-state index in [1.165, 1.54) is 4.43 Å². The molecule has 7 heteroatoms. The Kier molecular flexibility index (Phi) is 31.6. The average molecular weight is 843 g/mol. The fraction of sp³-hybridized carbons (Fsp3) is 0. The topological polar surface area (TPSA) is 9.23 Å². The standard InChI is InChI=1S/C6H5O.2Al.2Dy.2Re/c7-6-4-2-1-3-5-6;;;;;;/h2-5,7H;;;;;;/q;;+1;;;;/p-1. The molecular weight excluding hydrogens is 839 g/mol. The summed E-state index contributed by atoms with van der Waals surface area (Å²) in [7, 11) is 0. The van der Waals surface area contributed by atoms with Gasteiger partial charge in [-0.15, -0.1) is 4.43 Å². The van der Waals surface area contributed by atoms with Crippen molar-refractivity contribution in [3.05, 3.63) is 24.3 Å². The van der Waals surface area contributed by atoms with Crippen LogP contribution in [0.25, 0.3) is 0 Å². The molecule has 0 fully saturated rings. The Bertz CT molecular complexity index is 198. The number of rotatable bonds is 1. The van der Waals surface area contributed by atoms with Crippen LogP contribution in [0.2, 0.25) is 0 Å². The van der Waals surface area contributed by atoms with Gasteiger partial charge in [0.1, 0.15) is 0 Å². The molecule has 1 nitrogen and oxygen atoms in total. The van der Waals surface area contributed by atoms with Gasteiger partial charge in [0.2, 0.25) is 0 Å². The van der Waals surface area contributed by atoms with Crippen LogP contribution in [-0.4, -0.2) is 32.9 Å². The van der Waals surface area contributed by atoms with Crippen molar-refractivity contribution in [2.45, 2.75) is 0 Å². The Morgan fingerprint density at radius 2 is 1.31 bits per heavy atom. The minimum Gasteiger partial charge on any atom is -0.654 e. The zero-order valence-corrected chi connectivity index (χ0v) is 18.1. The summed E-state index contributed by atoms with van der Waals surface area (Å²) in [6.07, 6.45) is 0. The third-order valence-corrected chi connectivity index (χ3v) is 1.67. The van der Waals surface area contributed by atoms with Crippen LogP contribution in [0.5, 0.6) is 5.75 Å². The quantitative estimate of drug-likeness (QED) is 0.361. The Hall–Kier alpha value is 3.96. The van der Waals surface area contributed by atoms with Crippen molar-refractivity contribution in [3.8, 4) is 5.75 Å². The largest absolute Gasteiger partial charge is 0.654 e. The fourth-order valence-electron chi connectivity index (χ4n) is 0.546. The normalized spacial score (nSPS) is 6.15. The van der Waals surface area contributed by atoms with E-state index in [9.17, 15) is 0 Å². The van der Waals surface area contributed by atoms with Gasteiger partial charge in [0.05, 0.1) is 5.75 Å². The van der Waals surface area contributed by atoms with Crippen molar-refractivity contribution in [3.63, 3.8) is 0 Å². The molecule has 0 N–H and O–H groups in total. The molecule has 0 unspecified atom stereocenters. The average Bonchev–Trinajstić information content (AvgIpc) is 1.90. The maximum atomic E-state index is 4.88. The summed E-state index contributed by atoms with van der Waals surface area (Å²) in [5.41, 5.74) is 0. The predicted molar refractivity (Wildman–Crippen MR) is 38.2 cm³/mol. The first-order chi connectivity index (χ1) is 4.33. The molecule has 0 aromatic heterocycles. The van der Waals surface area contributed by atoms with Crippen molar-refractivity contribution >= 4 is 37.3 Å². The Morgan fingerprint density at radius 3 is 1.62 bits per heavy atom. The van der Waals surface area contributed by atoms with E-state index in [2.05, 4.69) is 32.9 Å². The summed E-state index contributed by atoms with van der Waals surface area (Å²) >= 11 is 4.81. The van der Waals surface area contributed by atoms with Crippen LogP contribution in [0.3, 0.4) is 0 Å². The zero-order chi connectivity index (χ0) is 6.69. The summed E-state index contributed by atoms with van der Waals surface area (Å²) in [6.45, 7) is 0. The monoisotopic (exact) mass is 848 g/mol. The van der Waals surface area contributed by atoms with Crippen molar-refractivity contribution in [2.24, 2.45) is 0 Å². The van der Waals surface area contributed by atoms with E-state index < -0.39 is 0 Å². The van der Waals surface area contributed by atoms with Crippen LogP contribution in [0, 0.1) is 76.3 Å². The van der Waals surface area contributed by atoms with Crippen LogP contribution in [0.15, 0.2) is 24.3 Å². The molecule has 6 radical (unpaired) electrons. The number of benzene rings is 1. The third kappa shape index (κ3) is 12.2. The van der Waals surface area contributed by atoms with Crippen molar-refractivity contribution < 1.29 is 121 Å². The molecule has 0 saturated carbocycles. The van der Waals surface area contributed by atoms with E-state index >= 15 is 0 Å². The fourth-order valence-corrected chi connectivity index (χ4v) is 0.896. The van der Waals surface area contributed by atoms with Crippen LogP contribution in [0.1, 0.15) is 0 Å². The van der Waals surface area contributed by atoms with E-state index in [4.69, 9.17) is 3.79 Å². The summed E-state index contributed by atoms with van der Waals surface area (Å²) in [4.78, 5) is 0. The summed E-state index contributed by atoms with van der Waals surface area (Å²) < 4.78 is 6.04. The smallest absolute Gasteiger partial charge is 0.482 e. The molecular formula is C6H4Al2Dy2ORe2. The van der Waals surface area contributed by atoms with Gasteiger partial charge in [0, 0.05) is 117 Å². The van der Waals surface area contributed by atoms with Crippen LogP contribution >= 0.6 is 0 Å². The molecule has 0 bridgehead atoms. The minimum absolute atomic E-state index is 0. The Balaban J connectivity index is -0.000000101. The molecule has 1 aromatic carbocycles. The zero-order valence-electron chi connectivity index (χ0n) is 6.26. The predicted octanol–water partition coefficient (Wildman–Crippen LogP) is -0.0623. The van der Waals surface area contributed by atoms with Crippen LogP contribution < -0.4 is 8.21 Å². The maximum Gasteiger partial charge on any atom is 0.482 e. The van der Waals surface area contributed by atoms with Gasteiger partial charge in [-0.3, -0.25) is 0 Å².